The van der Waals surface area contributed by atoms with Gasteiger partial charge in [0.15, 0.2) is 0 Å². The van der Waals surface area contributed by atoms with E-state index in [1.807, 2.05) is 18.2 Å². The van der Waals surface area contributed by atoms with Crippen LogP contribution in [0.3, 0.4) is 0 Å². The highest BCUT2D eigenvalue weighted by atomic mass is 32.2. The molecule has 0 heterocycles. The molecular weight excluding hydrogens is 304 g/mol. The van der Waals surface area contributed by atoms with E-state index in [1.54, 1.807) is 24.3 Å². The van der Waals surface area contributed by atoms with Crippen molar-refractivity contribution in [3.8, 4) is 0 Å². The Morgan fingerprint density at radius 2 is 1.64 bits per heavy atom. The number of carbonyl (C=O) groups excluding carboxylic acids is 1. The lowest BCUT2D eigenvalue weighted by atomic mass is 10.1. The van der Waals surface area contributed by atoms with E-state index in [0.29, 0.717) is 18.7 Å². The molecule has 0 aliphatic carbocycles. The molecule has 7 heteroatoms. The molecule has 0 fully saturated rings. The molecule has 116 valence electrons. The van der Waals surface area contributed by atoms with E-state index in [9.17, 15) is 17.8 Å². The molecule has 22 heavy (non-hydrogen) atoms. The molecule has 6 nitrogen and oxygen atoms in total. The van der Waals surface area contributed by atoms with Gasteiger partial charge in [-0.1, -0.05) is 30.3 Å². The van der Waals surface area contributed by atoms with Crippen LogP contribution >= 0.6 is 0 Å². The Kier molecular flexibility index (Phi) is 5.13. The SMILES string of the molecule is O=C(NCCc1ccc(S(=O)(=O)[O-])cc1)Nc1ccccc1. The molecule has 2 amide bonds. The summed E-state index contributed by atoms with van der Waals surface area (Å²) in [6.07, 6.45) is 0.529. The summed E-state index contributed by atoms with van der Waals surface area (Å²) >= 11 is 0. The number of anilines is 1. The van der Waals surface area contributed by atoms with Crippen molar-refractivity contribution in [2.24, 2.45) is 0 Å². The van der Waals surface area contributed by atoms with Crippen LogP contribution in [0, 0.1) is 0 Å². The maximum absolute atomic E-state index is 11.6. The van der Waals surface area contributed by atoms with Crippen LogP contribution in [0.15, 0.2) is 59.5 Å². The Hall–Kier alpha value is -2.38. The average molecular weight is 319 g/mol. The molecule has 0 radical (unpaired) electrons. The van der Waals surface area contributed by atoms with Crippen LogP contribution in [0.5, 0.6) is 0 Å². The maximum Gasteiger partial charge on any atom is 0.319 e. The topological polar surface area (TPSA) is 98.3 Å². The molecule has 0 saturated carbocycles. The third-order valence-corrected chi connectivity index (χ3v) is 3.79. The largest absolute Gasteiger partial charge is 0.744 e. The van der Waals surface area contributed by atoms with Gasteiger partial charge in [-0.15, -0.1) is 0 Å². The van der Waals surface area contributed by atoms with Crippen LogP contribution in [0.1, 0.15) is 5.56 Å². The predicted octanol–water partition coefficient (Wildman–Crippen LogP) is 1.95. The molecule has 0 atom stereocenters. The lowest BCUT2D eigenvalue weighted by Crippen LogP contribution is -2.30. The highest BCUT2D eigenvalue weighted by Crippen LogP contribution is 2.10. The number of carbonyl (C=O) groups is 1. The monoisotopic (exact) mass is 319 g/mol. The maximum atomic E-state index is 11.6. The number of nitrogens with one attached hydrogen (secondary N) is 2. The quantitative estimate of drug-likeness (QED) is 0.823. The molecule has 0 aliphatic rings. The van der Waals surface area contributed by atoms with E-state index >= 15 is 0 Å². The molecule has 2 rings (SSSR count). The van der Waals surface area contributed by atoms with Crippen LogP contribution in [0.25, 0.3) is 0 Å². The zero-order chi connectivity index (χ0) is 16.0. The Morgan fingerprint density at radius 1 is 1.00 bits per heavy atom. The first-order chi connectivity index (χ1) is 10.4. The second kappa shape index (κ2) is 7.06. The molecule has 0 unspecified atom stereocenters. The van der Waals surface area contributed by atoms with Gasteiger partial charge in [-0.3, -0.25) is 0 Å². The van der Waals surface area contributed by atoms with Crippen molar-refractivity contribution in [2.75, 3.05) is 11.9 Å². The lowest BCUT2D eigenvalue weighted by Gasteiger charge is -2.09. The number of rotatable bonds is 5. The standard InChI is InChI=1S/C15H16N2O4S/c18-15(17-13-4-2-1-3-5-13)16-11-10-12-6-8-14(9-7-12)22(19,20)21/h1-9H,10-11H2,(H2,16,17,18)(H,19,20,21)/p-1. The van der Waals surface area contributed by atoms with Crippen LogP contribution < -0.4 is 10.6 Å². The second-order valence-electron chi connectivity index (χ2n) is 4.60. The van der Waals surface area contributed by atoms with Gasteiger partial charge >= 0.3 is 6.03 Å². The van der Waals surface area contributed by atoms with Crippen molar-refractivity contribution in [1.82, 2.24) is 5.32 Å². The third-order valence-electron chi connectivity index (χ3n) is 2.94. The Morgan fingerprint density at radius 3 is 2.23 bits per heavy atom. The van der Waals surface area contributed by atoms with Gasteiger partial charge in [0.1, 0.15) is 10.1 Å². The molecule has 0 bridgehead atoms. The molecule has 2 N–H and O–H groups in total. The van der Waals surface area contributed by atoms with Gasteiger partial charge in [-0.25, -0.2) is 13.2 Å². The molecule has 0 aromatic heterocycles. The van der Waals surface area contributed by atoms with E-state index in [2.05, 4.69) is 10.6 Å². The van der Waals surface area contributed by atoms with E-state index in [1.165, 1.54) is 12.1 Å². The molecule has 0 spiro atoms. The zero-order valence-corrected chi connectivity index (χ0v) is 12.5. The summed E-state index contributed by atoms with van der Waals surface area (Å²) in [6.45, 7) is 0.391. The summed E-state index contributed by atoms with van der Waals surface area (Å²) in [5, 5.41) is 5.38. The Balaban J connectivity index is 1.80. The minimum absolute atomic E-state index is 0.258. The molecular formula is C15H15N2O4S-. The summed E-state index contributed by atoms with van der Waals surface area (Å²) in [6, 6.07) is 14.4. The fourth-order valence-corrected chi connectivity index (χ4v) is 2.31. The Labute approximate surface area is 128 Å². The zero-order valence-electron chi connectivity index (χ0n) is 11.7. The third kappa shape index (κ3) is 4.87. The van der Waals surface area contributed by atoms with Crippen molar-refractivity contribution in [3.63, 3.8) is 0 Å². The minimum atomic E-state index is -4.42. The highest BCUT2D eigenvalue weighted by molar-refractivity contribution is 7.85. The first-order valence-electron chi connectivity index (χ1n) is 6.60. The highest BCUT2D eigenvalue weighted by Gasteiger charge is 2.03. The number of benzene rings is 2. The minimum Gasteiger partial charge on any atom is -0.744 e. The molecule has 0 aliphatic heterocycles. The van der Waals surface area contributed by atoms with Gasteiger partial charge in [0.2, 0.25) is 0 Å². The predicted molar refractivity (Wildman–Crippen MR) is 81.6 cm³/mol. The summed E-state index contributed by atoms with van der Waals surface area (Å²) in [5.74, 6) is 0. The number of amides is 2. The number of para-hydroxylation sites is 1. The Bertz CT molecular complexity index is 728. The van der Waals surface area contributed by atoms with Crippen molar-refractivity contribution in [2.45, 2.75) is 11.3 Å². The summed E-state index contributed by atoms with van der Waals surface area (Å²) in [7, 11) is -4.42. The molecule has 2 aromatic rings. The normalized spacial score (nSPS) is 11.0. The first kappa shape index (κ1) is 16.0. The molecule has 0 saturated heterocycles. The summed E-state index contributed by atoms with van der Waals surface area (Å²) < 4.78 is 32.4. The summed E-state index contributed by atoms with van der Waals surface area (Å²) in [5.41, 5.74) is 1.53. The van der Waals surface area contributed by atoms with Gasteiger partial charge in [0, 0.05) is 12.2 Å². The molecule has 2 aromatic carbocycles. The number of urea groups is 1. The van der Waals surface area contributed by atoms with Gasteiger partial charge in [0.05, 0.1) is 4.90 Å². The van der Waals surface area contributed by atoms with Crippen LogP contribution in [-0.4, -0.2) is 25.5 Å². The van der Waals surface area contributed by atoms with Crippen LogP contribution in [-0.2, 0) is 16.5 Å². The van der Waals surface area contributed by atoms with E-state index in [0.717, 1.165) is 5.56 Å². The number of hydrogen-bond donors (Lipinski definition) is 2. The fraction of sp³-hybridized carbons (Fsp3) is 0.133. The van der Waals surface area contributed by atoms with Gasteiger partial charge in [0.25, 0.3) is 0 Å². The van der Waals surface area contributed by atoms with E-state index < -0.39 is 10.1 Å². The van der Waals surface area contributed by atoms with Crippen molar-refractivity contribution >= 4 is 21.8 Å². The van der Waals surface area contributed by atoms with Gasteiger partial charge in [-0.2, -0.15) is 0 Å². The van der Waals surface area contributed by atoms with E-state index in [4.69, 9.17) is 0 Å². The second-order valence-corrected chi connectivity index (χ2v) is 5.97. The van der Waals surface area contributed by atoms with Gasteiger partial charge in [-0.05, 0) is 36.2 Å². The van der Waals surface area contributed by atoms with Gasteiger partial charge < -0.3 is 15.2 Å². The van der Waals surface area contributed by atoms with Crippen LogP contribution in [0.2, 0.25) is 0 Å². The summed E-state index contributed by atoms with van der Waals surface area (Å²) in [4.78, 5) is 11.4. The van der Waals surface area contributed by atoms with Crippen molar-refractivity contribution in [3.05, 3.63) is 60.2 Å². The average Bonchev–Trinajstić information content (AvgIpc) is 2.48. The smallest absolute Gasteiger partial charge is 0.319 e. The first-order valence-corrected chi connectivity index (χ1v) is 8.01. The van der Waals surface area contributed by atoms with Crippen molar-refractivity contribution < 1.29 is 17.8 Å². The fourth-order valence-electron chi connectivity index (χ4n) is 1.84. The van der Waals surface area contributed by atoms with Crippen LogP contribution in [0.4, 0.5) is 10.5 Å². The van der Waals surface area contributed by atoms with Crippen molar-refractivity contribution in [1.29, 1.82) is 0 Å². The lowest BCUT2D eigenvalue weighted by molar-refractivity contribution is 0.252. The van der Waals surface area contributed by atoms with E-state index in [-0.39, 0.29) is 10.9 Å². The number of hydrogen-bond acceptors (Lipinski definition) is 4.